The van der Waals surface area contributed by atoms with Gasteiger partial charge in [-0.3, -0.25) is 4.40 Å². The number of alkyl halides is 5. The molecule has 3 rings (SSSR count). The molecule has 0 unspecified atom stereocenters. The lowest BCUT2D eigenvalue weighted by atomic mass is 10.1. The topological polar surface area (TPSA) is 65.4 Å². The Hall–Kier alpha value is -2.91. The Morgan fingerprint density at radius 2 is 1.88 bits per heavy atom. The van der Waals surface area contributed by atoms with E-state index in [9.17, 15) is 22.0 Å². The van der Waals surface area contributed by atoms with Crippen molar-refractivity contribution in [3.8, 4) is 17.0 Å². The number of hydrogen-bond acceptors (Lipinski definition) is 4. The molecule has 126 valence electrons. The normalized spacial score (nSPS) is 12.1. The van der Waals surface area contributed by atoms with Crippen molar-refractivity contribution in [1.29, 1.82) is 0 Å². The van der Waals surface area contributed by atoms with Crippen molar-refractivity contribution in [1.82, 2.24) is 14.6 Å². The van der Waals surface area contributed by atoms with Crippen molar-refractivity contribution in [2.24, 2.45) is 0 Å². The minimum Gasteiger partial charge on any atom is -0.434 e. The van der Waals surface area contributed by atoms with Crippen LogP contribution in [0.25, 0.3) is 16.8 Å². The molecule has 0 spiro atoms. The highest BCUT2D eigenvalue weighted by Gasteiger charge is 2.32. The Bertz CT molecular complexity index is 890. The summed E-state index contributed by atoms with van der Waals surface area (Å²) in [5.41, 5.74) is 4.93. The Labute approximate surface area is 131 Å². The lowest BCUT2D eigenvalue weighted by molar-refractivity contribution is -0.138. The standard InChI is InChI=1S/C14H9F5N4O/c15-12(16)24-10-6-7(14(17,18)19)3-4-8(10)11-9-2-1-5-23(9)13(20)22-21-11/h1-6,12H,(H2,20,22). The SMILES string of the molecule is Nc1nnc(-c2ccc(C(F)(F)F)cc2OC(F)F)c2cccn12. The second kappa shape index (κ2) is 5.62. The maximum absolute atomic E-state index is 12.8. The van der Waals surface area contributed by atoms with Crippen LogP contribution in [0, 0.1) is 0 Å². The Balaban J connectivity index is 2.22. The highest BCUT2D eigenvalue weighted by molar-refractivity contribution is 5.81. The number of nitrogen functional groups attached to an aromatic ring is 1. The van der Waals surface area contributed by atoms with Gasteiger partial charge in [0.15, 0.2) is 0 Å². The maximum atomic E-state index is 12.8. The first-order chi connectivity index (χ1) is 11.3. The van der Waals surface area contributed by atoms with Crippen molar-refractivity contribution in [3.63, 3.8) is 0 Å². The molecule has 0 fully saturated rings. The number of rotatable bonds is 3. The van der Waals surface area contributed by atoms with Crippen LogP contribution in [-0.4, -0.2) is 21.2 Å². The van der Waals surface area contributed by atoms with E-state index >= 15 is 0 Å². The number of hydrogen-bond donors (Lipinski definition) is 1. The zero-order chi connectivity index (χ0) is 17.5. The molecule has 0 saturated carbocycles. The van der Waals surface area contributed by atoms with Crippen molar-refractivity contribution >= 4 is 11.5 Å². The van der Waals surface area contributed by atoms with Crippen LogP contribution in [0.1, 0.15) is 5.56 Å². The molecule has 10 heteroatoms. The molecule has 0 bridgehead atoms. The van der Waals surface area contributed by atoms with Crippen LogP contribution in [0.4, 0.5) is 27.9 Å². The van der Waals surface area contributed by atoms with Gasteiger partial charge in [-0.1, -0.05) is 0 Å². The van der Waals surface area contributed by atoms with Gasteiger partial charge in [0.1, 0.15) is 11.4 Å². The van der Waals surface area contributed by atoms with E-state index in [-0.39, 0.29) is 17.2 Å². The summed E-state index contributed by atoms with van der Waals surface area (Å²) in [6.45, 7) is -3.29. The Morgan fingerprint density at radius 3 is 2.54 bits per heavy atom. The summed E-state index contributed by atoms with van der Waals surface area (Å²) >= 11 is 0. The molecule has 2 N–H and O–H groups in total. The highest BCUT2D eigenvalue weighted by Crippen LogP contribution is 2.38. The van der Waals surface area contributed by atoms with Crippen LogP contribution in [0.15, 0.2) is 36.5 Å². The van der Waals surface area contributed by atoms with Gasteiger partial charge in [0, 0.05) is 11.8 Å². The van der Waals surface area contributed by atoms with E-state index in [0.29, 0.717) is 11.6 Å². The fourth-order valence-corrected chi connectivity index (χ4v) is 2.25. The smallest absolute Gasteiger partial charge is 0.416 e. The van der Waals surface area contributed by atoms with Crippen LogP contribution in [0.5, 0.6) is 5.75 Å². The van der Waals surface area contributed by atoms with Crippen molar-refractivity contribution < 1.29 is 26.7 Å². The predicted octanol–water partition coefficient (Wildman–Crippen LogP) is 3.60. The number of nitrogens with two attached hydrogens (primary N) is 1. The van der Waals surface area contributed by atoms with E-state index in [2.05, 4.69) is 14.9 Å². The highest BCUT2D eigenvalue weighted by atomic mass is 19.4. The summed E-state index contributed by atoms with van der Waals surface area (Å²) in [7, 11) is 0. The average Bonchev–Trinajstić information content (AvgIpc) is 2.97. The van der Waals surface area contributed by atoms with Crippen molar-refractivity contribution in [2.75, 3.05) is 5.73 Å². The molecule has 24 heavy (non-hydrogen) atoms. The summed E-state index contributed by atoms with van der Waals surface area (Å²) in [5.74, 6) is -0.607. The van der Waals surface area contributed by atoms with E-state index in [0.717, 1.165) is 12.1 Å². The molecule has 0 aliphatic heterocycles. The summed E-state index contributed by atoms with van der Waals surface area (Å²) in [4.78, 5) is 0. The van der Waals surface area contributed by atoms with Gasteiger partial charge >= 0.3 is 12.8 Å². The first-order valence-electron chi connectivity index (χ1n) is 6.53. The molecular weight excluding hydrogens is 335 g/mol. The van der Waals surface area contributed by atoms with Gasteiger partial charge in [-0.2, -0.15) is 22.0 Å². The second-order valence-electron chi connectivity index (χ2n) is 4.76. The van der Waals surface area contributed by atoms with Crippen LogP contribution in [-0.2, 0) is 6.18 Å². The number of nitrogens with zero attached hydrogens (tertiary/aromatic N) is 3. The third kappa shape index (κ3) is 2.82. The molecule has 5 nitrogen and oxygen atoms in total. The van der Waals surface area contributed by atoms with Gasteiger partial charge in [-0.15, -0.1) is 10.2 Å². The minimum atomic E-state index is -4.70. The molecule has 1 aromatic carbocycles. The van der Waals surface area contributed by atoms with E-state index in [1.165, 1.54) is 4.40 Å². The van der Waals surface area contributed by atoms with E-state index in [4.69, 9.17) is 5.73 Å². The zero-order valence-corrected chi connectivity index (χ0v) is 11.8. The van der Waals surface area contributed by atoms with Gasteiger partial charge in [0.05, 0.1) is 11.1 Å². The number of anilines is 1. The van der Waals surface area contributed by atoms with Crippen molar-refractivity contribution in [2.45, 2.75) is 12.8 Å². The number of fused-ring (bicyclic) bond motifs is 1. The van der Waals surface area contributed by atoms with Gasteiger partial charge in [-0.25, -0.2) is 0 Å². The van der Waals surface area contributed by atoms with Crippen LogP contribution < -0.4 is 10.5 Å². The van der Waals surface area contributed by atoms with E-state index in [1.807, 2.05) is 0 Å². The van der Waals surface area contributed by atoms with Gasteiger partial charge in [0.2, 0.25) is 5.95 Å². The minimum absolute atomic E-state index is 0.0435. The third-order valence-corrected chi connectivity index (χ3v) is 3.27. The molecule has 0 radical (unpaired) electrons. The molecule has 0 atom stereocenters. The van der Waals surface area contributed by atoms with Gasteiger partial charge < -0.3 is 10.5 Å². The first kappa shape index (κ1) is 16.0. The second-order valence-corrected chi connectivity index (χ2v) is 4.76. The zero-order valence-electron chi connectivity index (χ0n) is 11.8. The number of halogens is 5. The fourth-order valence-electron chi connectivity index (χ4n) is 2.25. The van der Waals surface area contributed by atoms with E-state index < -0.39 is 24.1 Å². The summed E-state index contributed by atoms with van der Waals surface area (Å²) in [6, 6.07) is 5.44. The van der Waals surface area contributed by atoms with Crippen LogP contribution >= 0.6 is 0 Å². The quantitative estimate of drug-likeness (QED) is 0.738. The molecule has 3 aromatic rings. The monoisotopic (exact) mass is 344 g/mol. The molecule has 0 aliphatic rings. The number of benzene rings is 1. The largest absolute Gasteiger partial charge is 0.434 e. The molecule has 0 aliphatic carbocycles. The average molecular weight is 344 g/mol. The Morgan fingerprint density at radius 1 is 1.12 bits per heavy atom. The van der Waals surface area contributed by atoms with Crippen LogP contribution in [0.2, 0.25) is 0 Å². The van der Waals surface area contributed by atoms with Crippen LogP contribution in [0.3, 0.4) is 0 Å². The molecule has 2 aromatic heterocycles. The lowest BCUT2D eigenvalue weighted by Gasteiger charge is -2.14. The van der Waals surface area contributed by atoms with E-state index in [1.54, 1.807) is 18.3 Å². The summed E-state index contributed by atoms with van der Waals surface area (Å²) in [6.07, 6.45) is -3.14. The lowest BCUT2D eigenvalue weighted by Crippen LogP contribution is -2.09. The molecular formula is C14H9F5N4O. The van der Waals surface area contributed by atoms with Crippen molar-refractivity contribution in [3.05, 3.63) is 42.1 Å². The van der Waals surface area contributed by atoms with Gasteiger partial charge in [0.25, 0.3) is 0 Å². The maximum Gasteiger partial charge on any atom is 0.416 e. The Kier molecular flexibility index (Phi) is 3.74. The van der Waals surface area contributed by atoms with Gasteiger partial charge in [-0.05, 0) is 30.3 Å². The summed E-state index contributed by atoms with van der Waals surface area (Å²) in [5, 5.41) is 7.48. The predicted molar refractivity (Wildman–Crippen MR) is 74.5 cm³/mol. The molecule has 2 heterocycles. The molecule has 0 saturated heterocycles. The number of aromatic nitrogens is 3. The molecule has 0 amide bonds. The summed E-state index contributed by atoms with van der Waals surface area (Å²) < 4.78 is 69.3. The fraction of sp³-hybridized carbons (Fsp3) is 0.143. The number of ether oxygens (including phenoxy) is 1. The third-order valence-electron chi connectivity index (χ3n) is 3.27. The first-order valence-corrected chi connectivity index (χ1v) is 6.53.